The van der Waals surface area contributed by atoms with Crippen molar-refractivity contribution in [3.63, 3.8) is 0 Å². The van der Waals surface area contributed by atoms with Crippen LogP contribution in [0.25, 0.3) is 0 Å². The molecule has 0 spiro atoms. The predicted molar refractivity (Wildman–Crippen MR) is 114 cm³/mol. The first kappa shape index (κ1) is 23.6. The van der Waals surface area contributed by atoms with E-state index in [1.165, 1.54) is 33.5 Å². The number of nitro groups is 1. The predicted octanol–water partition coefficient (Wildman–Crippen LogP) is 3.12. The minimum absolute atomic E-state index is 0.188. The van der Waals surface area contributed by atoms with Crippen molar-refractivity contribution in [3.05, 3.63) is 64.0 Å². The van der Waals surface area contributed by atoms with Gasteiger partial charge in [0.05, 0.1) is 15.9 Å². The molecule has 1 amide bonds. The Morgan fingerprint density at radius 2 is 1.84 bits per heavy atom. The average molecular weight is 466 g/mol. The monoisotopic (exact) mass is 465 g/mol. The lowest BCUT2D eigenvalue weighted by molar-refractivity contribution is -0.386. The van der Waals surface area contributed by atoms with Gasteiger partial charge >= 0.3 is 5.69 Å². The van der Waals surface area contributed by atoms with E-state index < -0.39 is 33.1 Å². The number of nitro benzene ring substituents is 1. The van der Waals surface area contributed by atoms with Crippen LogP contribution in [0.4, 0.5) is 10.1 Å². The Labute approximate surface area is 185 Å². The molecule has 11 heteroatoms. The number of benzene rings is 2. The molecule has 0 saturated carbocycles. The average Bonchev–Trinajstić information content (AvgIpc) is 3.32. The normalized spacial score (nSPS) is 15.3. The van der Waals surface area contributed by atoms with Gasteiger partial charge in [0.25, 0.3) is 5.91 Å². The number of hydrogen-bond acceptors (Lipinski definition) is 6. The van der Waals surface area contributed by atoms with Crippen LogP contribution in [0.2, 0.25) is 0 Å². The lowest BCUT2D eigenvalue weighted by Crippen LogP contribution is -2.33. The number of nitrogens with zero attached hydrogens (tertiary/aromatic N) is 3. The maximum absolute atomic E-state index is 13.1. The van der Waals surface area contributed by atoms with Gasteiger partial charge in [-0.15, -0.1) is 0 Å². The molecule has 0 aromatic heterocycles. The molecule has 3 rings (SSSR count). The Hall–Kier alpha value is -3.05. The van der Waals surface area contributed by atoms with Crippen LogP contribution in [-0.2, 0) is 14.8 Å². The third-order valence-corrected chi connectivity index (χ3v) is 7.40. The summed E-state index contributed by atoms with van der Waals surface area (Å²) >= 11 is 0. The zero-order valence-electron chi connectivity index (χ0n) is 17.7. The van der Waals surface area contributed by atoms with Gasteiger partial charge in [-0.3, -0.25) is 14.9 Å². The Morgan fingerprint density at radius 1 is 1.22 bits per heavy atom. The van der Waals surface area contributed by atoms with Crippen molar-refractivity contribution in [2.24, 2.45) is 0 Å². The second-order valence-corrected chi connectivity index (χ2v) is 9.46. The van der Waals surface area contributed by atoms with Crippen LogP contribution >= 0.6 is 0 Å². The quantitative estimate of drug-likeness (QED) is 0.438. The van der Waals surface area contributed by atoms with Crippen LogP contribution in [0.5, 0.6) is 5.75 Å². The molecule has 1 atom stereocenters. The number of amides is 1. The zero-order chi connectivity index (χ0) is 23.5. The second-order valence-electron chi connectivity index (χ2n) is 7.52. The molecule has 2 aromatic carbocycles. The molecule has 0 aliphatic carbocycles. The van der Waals surface area contributed by atoms with Crippen LogP contribution in [0.1, 0.15) is 31.4 Å². The van der Waals surface area contributed by atoms with Crippen molar-refractivity contribution in [3.8, 4) is 5.75 Å². The molecule has 1 unspecified atom stereocenters. The number of carbonyl (C=O) groups is 1. The fourth-order valence-corrected chi connectivity index (χ4v) is 4.96. The van der Waals surface area contributed by atoms with Crippen molar-refractivity contribution in [2.75, 3.05) is 26.7 Å². The lowest BCUT2D eigenvalue weighted by atomic mass is 10.1. The summed E-state index contributed by atoms with van der Waals surface area (Å²) in [5.41, 5.74) is 0.178. The number of sulfonamides is 1. The van der Waals surface area contributed by atoms with Gasteiger partial charge in [0, 0.05) is 26.2 Å². The summed E-state index contributed by atoms with van der Waals surface area (Å²) in [7, 11) is -2.29. The second kappa shape index (κ2) is 9.61. The fraction of sp³-hybridized carbons (Fsp3) is 0.381. The van der Waals surface area contributed by atoms with Gasteiger partial charge in [0.2, 0.25) is 10.0 Å². The number of rotatable bonds is 8. The first-order valence-corrected chi connectivity index (χ1v) is 11.5. The number of hydrogen-bond donors (Lipinski definition) is 0. The number of ether oxygens (including phenoxy) is 1. The summed E-state index contributed by atoms with van der Waals surface area (Å²) in [5.74, 6) is -1.04. The van der Waals surface area contributed by atoms with Crippen LogP contribution in [0.15, 0.2) is 47.4 Å². The number of likely N-dealkylation sites (N-methyl/N-ethyl adjacent to an activating group) is 1. The first-order valence-electron chi connectivity index (χ1n) is 10.0. The molecule has 1 fully saturated rings. The highest BCUT2D eigenvalue weighted by molar-refractivity contribution is 7.89. The summed E-state index contributed by atoms with van der Waals surface area (Å²) in [6.45, 7) is 2.02. The molecule has 0 N–H and O–H groups in total. The summed E-state index contributed by atoms with van der Waals surface area (Å²) in [5, 5.41) is 11.5. The number of halogens is 1. The Kier molecular flexibility index (Phi) is 7.09. The standard InChI is InChI=1S/C21H24FN3O6S/c1-15(16-5-7-17(22)8-6-16)23(2)21(26)14-31-20-10-9-18(13-19(20)25(27)28)32(29,30)24-11-3-4-12-24/h5-10,13,15H,3-4,11-12,14H2,1-2H3. The molecule has 32 heavy (non-hydrogen) atoms. The highest BCUT2D eigenvalue weighted by atomic mass is 32.2. The summed E-state index contributed by atoms with van der Waals surface area (Å²) in [4.78, 5) is 24.5. The van der Waals surface area contributed by atoms with E-state index in [0.717, 1.165) is 18.9 Å². The molecule has 172 valence electrons. The number of carbonyl (C=O) groups excluding carboxylic acids is 1. The largest absolute Gasteiger partial charge is 0.477 e. The van der Waals surface area contributed by atoms with E-state index in [9.17, 15) is 27.7 Å². The first-order chi connectivity index (χ1) is 15.1. The molecule has 1 aliphatic heterocycles. The zero-order valence-corrected chi connectivity index (χ0v) is 18.5. The molecular weight excluding hydrogens is 441 g/mol. The van der Waals surface area contributed by atoms with Gasteiger partial charge in [-0.1, -0.05) is 12.1 Å². The third kappa shape index (κ3) is 5.05. The molecule has 0 radical (unpaired) electrons. The SMILES string of the molecule is CC(c1ccc(F)cc1)N(C)C(=O)COc1ccc(S(=O)(=O)N2CCCC2)cc1[N+](=O)[O-]. The highest BCUT2D eigenvalue weighted by Gasteiger charge is 2.30. The van der Waals surface area contributed by atoms with Gasteiger partial charge in [-0.2, -0.15) is 4.31 Å². The smallest absolute Gasteiger partial charge is 0.312 e. The highest BCUT2D eigenvalue weighted by Crippen LogP contribution is 2.32. The Bertz CT molecular complexity index is 1100. The van der Waals surface area contributed by atoms with Gasteiger partial charge < -0.3 is 9.64 Å². The third-order valence-electron chi connectivity index (χ3n) is 5.51. The van der Waals surface area contributed by atoms with E-state index in [1.54, 1.807) is 26.1 Å². The van der Waals surface area contributed by atoms with Crippen molar-refractivity contribution in [2.45, 2.75) is 30.7 Å². The van der Waals surface area contributed by atoms with Crippen LogP contribution < -0.4 is 4.74 Å². The molecular formula is C21H24FN3O6S. The van der Waals surface area contributed by atoms with Gasteiger partial charge in [0.15, 0.2) is 12.4 Å². The van der Waals surface area contributed by atoms with Crippen molar-refractivity contribution in [1.82, 2.24) is 9.21 Å². The molecule has 1 saturated heterocycles. The van der Waals surface area contributed by atoms with Crippen LogP contribution in [0, 0.1) is 15.9 Å². The van der Waals surface area contributed by atoms with Crippen molar-refractivity contribution < 1.29 is 27.3 Å². The molecule has 9 nitrogen and oxygen atoms in total. The van der Waals surface area contributed by atoms with Gasteiger partial charge in [-0.05, 0) is 49.6 Å². The molecule has 2 aromatic rings. The summed E-state index contributed by atoms with van der Waals surface area (Å²) < 4.78 is 45.2. The Balaban J connectivity index is 1.73. The molecule has 0 bridgehead atoms. The van der Waals surface area contributed by atoms with Gasteiger partial charge in [-0.25, -0.2) is 12.8 Å². The van der Waals surface area contributed by atoms with Crippen LogP contribution in [-0.4, -0.2) is 55.2 Å². The maximum atomic E-state index is 13.1. The van der Waals surface area contributed by atoms with E-state index in [1.807, 2.05) is 0 Å². The fourth-order valence-electron chi connectivity index (χ4n) is 3.42. The van der Waals surface area contributed by atoms with E-state index in [-0.39, 0.29) is 22.5 Å². The summed E-state index contributed by atoms with van der Waals surface area (Å²) in [6.07, 6.45) is 1.49. The Morgan fingerprint density at radius 3 is 2.44 bits per heavy atom. The minimum atomic E-state index is -3.83. The molecule has 1 aliphatic rings. The topological polar surface area (TPSA) is 110 Å². The van der Waals surface area contributed by atoms with Crippen molar-refractivity contribution in [1.29, 1.82) is 0 Å². The lowest BCUT2D eigenvalue weighted by Gasteiger charge is -2.25. The van der Waals surface area contributed by atoms with Gasteiger partial charge in [0.1, 0.15) is 5.82 Å². The van der Waals surface area contributed by atoms with E-state index in [0.29, 0.717) is 18.7 Å². The van der Waals surface area contributed by atoms with Crippen LogP contribution in [0.3, 0.4) is 0 Å². The summed E-state index contributed by atoms with van der Waals surface area (Å²) in [6, 6.07) is 8.73. The molecule has 1 heterocycles. The van der Waals surface area contributed by atoms with E-state index in [2.05, 4.69) is 0 Å². The van der Waals surface area contributed by atoms with Crippen molar-refractivity contribution >= 4 is 21.6 Å². The van der Waals surface area contributed by atoms with E-state index >= 15 is 0 Å². The maximum Gasteiger partial charge on any atom is 0.312 e. The minimum Gasteiger partial charge on any atom is -0.477 e. The van der Waals surface area contributed by atoms with E-state index in [4.69, 9.17) is 4.74 Å².